The summed E-state index contributed by atoms with van der Waals surface area (Å²) in [7, 11) is 0. The first kappa shape index (κ1) is 26.5. The predicted octanol–water partition coefficient (Wildman–Crippen LogP) is 4.36. The van der Waals surface area contributed by atoms with Gasteiger partial charge >= 0.3 is 0 Å². The first-order valence-electron chi connectivity index (χ1n) is 13.2. The summed E-state index contributed by atoms with van der Waals surface area (Å²) in [5.74, 6) is 1.02. The fourth-order valence-electron chi connectivity index (χ4n) is 4.56. The Balaban J connectivity index is 1.16. The van der Waals surface area contributed by atoms with Gasteiger partial charge in [-0.05, 0) is 48.4 Å². The number of amides is 2. The van der Waals surface area contributed by atoms with Crippen molar-refractivity contribution in [2.24, 2.45) is 0 Å². The number of anilines is 2. The van der Waals surface area contributed by atoms with Gasteiger partial charge in [-0.1, -0.05) is 42.5 Å². The minimum Gasteiger partial charge on any atom is -0.489 e. The van der Waals surface area contributed by atoms with Crippen LogP contribution in [0, 0.1) is 0 Å². The van der Waals surface area contributed by atoms with Crippen LogP contribution in [0.1, 0.15) is 18.1 Å². The van der Waals surface area contributed by atoms with Crippen LogP contribution in [0.15, 0.2) is 78.9 Å². The van der Waals surface area contributed by atoms with Gasteiger partial charge in [-0.15, -0.1) is 0 Å². The minimum atomic E-state index is -0.590. The number of carbonyl (C=O) groups excluding carboxylic acids is 2. The molecule has 202 valence electrons. The van der Waals surface area contributed by atoms with E-state index in [1.165, 1.54) is 6.08 Å². The van der Waals surface area contributed by atoms with Crippen molar-refractivity contribution in [3.8, 4) is 11.5 Å². The molecular weight excluding hydrogens is 494 g/mol. The van der Waals surface area contributed by atoms with E-state index in [4.69, 9.17) is 14.2 Å². The van der Waals surface area contributed by atoms with Gasteiger partial charge in [0.05, 0.1) is 18.9 Å². The summed E-state index contributed by atoms with van der Waals surface area (Å²) < 4.78 is 17.1. The van der Waals surface area contributed by atoms with Crippen LogP contribution in [-0.2, 0) is 20.9 Å². The summed E-state index contributed by atoms with van der Waals surface area (Å²) in [6.45, 7) is 6.76. The van der Waals surface area contributed by atoms with Gasteiger partial charge in [0, 0.05) is 44.0 Å². The van der Waals surface area contributed by atoms with Gasteiger partial charge in [-0.3, -0.25) is 14.5 Å². The van der Waals surface area contributed by atoms with E-state index in [0.717, 1.165) is 55.4 Å². The molecule has 0 saturated carbocycles. The number of rotatable bonds is 9. The highest BCUT2D eigenvalue weighted by Crippen LogP contribution is 2.36. The van der Waals surface area contributed by atoms with Crippen molar-refractivity contribution in [3.05, 3.63) is 90.0 Å². The Morgan fingerprint density at radius 2 is 1.79 bits per heavy atom. The minimum absolute atomic E-state index is 0.0630. The number of hydrogen-bond donors (Lipinski definition) is 1. The zero-order valence-corrected chi connectivity index (χ0v) is 22.0. The van der Waals surface area contributed by atoms with Crippen molar-refractivity contribution in [2.45, 2.75) is 19.6 Å². The summed E-state index contributed by atoms with van der Waals surface area (Å²) in [6.07, 6.45) is 2.65. The lowest BCUT2D eigenvalue weighted by atomic mass is 10.1. The third kappa shape index (κ3) is 7.04. The molecule has 5 rings (SSSR count). The SMILES string of the molecule is CC1Oc2cc(NC(=O)/C=C/c3ccc(OCc4ccccc4)cc3)ccc2N(CCN2CCOCC2)C1=O. The fraction of sp³-hybridized carbons (Fsp3) is 0.290. The van der Waals surface area contributed by atoms with Crippen LogP contribution in [-0.4, -0.2) is 62.2 Å². The predicted molar refractivity (Wildman–Crippen MR) is 151 cm³/mol. The molecule has 8 heteroatoms. The van der Waals surface area contributed by atoms with E-state index in [1.54, 1.807) is 30.0 Å². The molecule has 2 amide bonds. The van der Waals surface area contributed by atoms with Gasteiger partial charge < -0.3 is 24.4 Å². The van der Waals surface area contributed by atoms with Crippen LogP contribution < -0.4 is 19.7 Å². The van der Waals surface area contributed by atoms with Crippen molar-refractivity contribution >= 4 is 29.3 Å². The number of hydrogen-bond acceptors (Lipinski definition) is 6. The molecule has 2 heterocycles. The molecule has 0 radical (unpaired) electrons. The first-order valence-corrected chi connectivity index (χ1v) is 13.2. The molecule has 39 heavy (non-hydrogen) atoms. The first-order chi connectivity index (χ1) is 19.0. The number of fused-ring (bicyclic) bond motifs is 1. The largest absolute Gasteiger partial charge is 0.489 e. The van der Waals surface area contributed by atoms with Crippen molar-refractivity contribution in [2.75, 3.05) is 49.6 Å². The average molecular weight is 528 g/mol. The Labute approximate surface area is 228 Å². The molecule has 3 aromatic rings. The van der Waals surface area contributed by atoms with Crippen LogP contribution in [0.3, 0.4) is 0 Å². The van der Waals surface area contributed by atoms with Crippen molar-refractivity contribution in [1.82, 2.24) is 4.90 Å². The monoisotopic (exact) mass is 527 g/mol. The molecule has 2 aliphatic heterocycles. The van der Waals surface area contributed by atoms with E-state index < -0.39 is 6.10 Å². The van der Waals surface area contributed by atoms with Crippen LogP contribution in [0.2, 0.25) is 0 Å². The molecule has 1 atom stereocenters. The average Bonchev–Trinajstić information content (AvgIpc) is 2.97. The normalized spacial score (nSPS) is 17.5. The van der Waals surface area contributed by atoms with Gasteiger partial charge in [0.25, 0.3) is 5.91 Å². The Morgan fingerprint density at radius 3 is 2.56 bits per heavy atom. The maximum atomic E-state index is 12.8. The van der Waals surface area contributed by atoms with E-state index >= 15 is 0 Å². The number of benzene rings is 3. The van der Waals surface area contributed by atoms with Crippen LogP contribution in [0.5, 0.6) is 11.5 Å². The van der Waals surface area contributed by atoms with Gasteiger partial charge in [-0.25, -0.2) is 0 Å². The molecule has 2 aliphatic rings. The highest BCUT2D eigenvalue weighted by atomic mass is 16.5. The van der Waals surface area contributed by atoms with E-state index in [0.29, 0.717) is 24.6 Å². The highest BCUT2D eigenvalue weighted by molar-refractivity contribution is 6.03. The maximum absolute atomic E-state index is 12.8. The summed E-state index contributed by atoms with van der Waals surface area (Å²) >= 11 is 0. The highest BCUT2D eigenvalue weighted by Gasteiger charge is 2.32. The quantitative estimate of drug-likeness (QED) is 0.417. The fourth-order valence-corrected chi connectivity index (χ4v) is 4.56. The van der Waals surface area contributed by atoms with Crippen molar-refractivity contribution in [1.29, 1.82) is 0 Å². The smallest absolute Gasteiger partial charge is 0.267 e. The maximum Gasteiger partial charge on any atom is 0.267 e. The standard InChI is InChI=1S/C31H33N3O5/c1-23-31(36)34(16-15-33-17-19-37-20-18-33)28-13-10-26(21-29(28)39-23)32-30(35)14-9-24-7-11-27(12-8-24)38-22-25-5-3-2-4-6-25/h2-14,21,23H,15-20,22H2,1H3,(H,32,35)/b14-9+. The second kappa shape index (κ2) is 12.6. The molecule has 1 unspecified atom stereocenters. The molecule has 1 saturated heterocycles. The van der Waals surface area contributed by atoms with Crippen LogP contribution in [0.4, 0.5) is 11.4 Å². The number of nitrogens with zero attached hydrogens (tertiary/aromatic N) is 2. The second-order valence-corrected chi connectivity index (χ2v) is 9.55. The third-order valence-corrected chi connectivity index (χ3v) is 6.73. The Bertz CT molecular complexity index is 1300. The molecule has 1 fully saturated rings. The van der Waals surface area contributed by atoms with Crippen molar-refractivity contribution in [3.63, 3.8) is 0 Å². The Kier molecular flexibility index (Phi) is 8.55. The second-order valence-electron chi connectivity index (χ2n) is 9.55. The summed E-state index contributed by atoms with van der Waals surface area (Å²) in [5.41, 5.74) is 3.30. The molecular formula is C31H33N3O5. The number of morpholine rings is 1. The molecule has 3 aromatic carbocycles. The number of carbonyl (C=O) groups is 2. The van der Waals surface area contributed by atoms with Gasteiger partial charge in [0.15, 0.2) is 6.10 Å². The van der Waals surface area contributed by atoms with Crippen LogP contribution in [0.25, 0.3) is 6.08 Å². The zero-order chi connectivity index (χ0) is 27.0. The summed E-state index contributed by atoms with van der Waals surface area (Å²) in [5, 5.41) is 2.88. The lowest BCUT2D eigenvalue weighted by molar-refractivity contribution is -0.125. The number of ether oxygens (including phenoxy) is 3. The van der Waals surface area contributed by atoms with E-state index in [2.05, 4.69) is 10.2 Å². The van der Waals surface area contributed by atoms with E-state index in [-0.39, 0.29) is 11.8 Å². The van der Waals surface area contributed by atoms with Crippen LogP contribution >= 0.6 is 0 Å². The van der Waals surface area contributed by atoms with E-state index in [9.17, 15) is 9.59 Å². The van der Waals surface area contributed by atoms with Gasteiger partial charge in [0.1, 0.15) is 18.1 Å². The molecule has 8 nitrogen and oxygen atoms in total. The van der Waals surface area contributed by atoms with Gasteiger partial charge in [0.2, 0.25) is 5.91 Å². The summed E-state index contributed by atoms with van der Waals surface area (Å²) in [6, 6.07) is 22.9. The topological polar surface area (TPSA) is 80.3 Å². The number of nitrogens with one attached hydrogen (secondary N) is 1. The molecule has 0 aliphatic carbocycles. The summed E-state index contributed by atoms with van der Waals surface area (Å²) in [4.78, 5) is 29.5. The lowest BCUT2D eigenvalue weighted by Gasteiger charge is -2.35. The molecule has 1 N–H and O–H groups in total. The van der Waals surface area contributed by atoms with E-state index in [1.807, 2.05) is 60.7 Å². The Hall–Kier alpha value is -4.14. The molecule has 0 bridgehead atoms. The molecule has 0 spiro atoms. The molecule has 0 aromatic heterocycles. The van der Waals surface area contributed by atoms with Crippen molar-refractivity contribution < 1.29 is 23.8 Å². The Morgan fingerprint density at radius 1 is 1.03 bits per heavy atom. The lowest BCUT2D eigenvalue weighted by Crippen LogP contribution is -2.48. The van der Waals surface area contributed by atoms with Gasteiger partial charge in [-0.2, -0.15) is 0 Å². The third-order valence-electron chi connectivity index (χ3n) is 6.73. The zero-order valence-electron chi connectivity index (χ0n) is 22.0.